The third kappa shape index (κ3) is 6.18. The predicted molar refractivity (Wildman–Crippen MR) is 115 cm³/mol. The molecule has 1 fully saturated rings. The van der Waals surface area contributed by atoms with Gasteiger partial charge in [-0.2, -0.15) is 0 Å². The van der Waals surface area contributed by atoms with Gasteiger partial charge in [0.1, 0.15) is 5.82 Å². The van der Waals surface area contributed by atoms with E-state index in [9.17, 15) is 14.0 Å². The Bertz CT molecular complexity index is 913. The number of nitrogens with zero attached hydrogens (tertiary/aromatic N) is 2. The van der Waals surface area contributed by atoms with E-state index in [4.69, 9.17) is 22.1 Å². The zero-order valence-corrected chi connectivity index (χ0v) is 18.1. The van der Waals surface area contributed by atoms with Gasteiger partial charge < -0.3 is 10.5 Å². The van der Waals surface area contributed by atoms with Crippen LogP contribution >= 0.6 is 23.5 Å². The van der Waals surface area contributed by atoms with E-state index in [2.05, 4.69) is 4.90 Å². The van der Waals surface area contributed by atoms with Crippen molar-refractivity contribution in [3.05, 3.63) is 64.4 Å². The lowest BCUT2D eigenvalue weighted by atomic mass is 10.2. The minimum Gasteiger partial charge on any atom is -0.374 e. The highest BCUT2D eigenvalue weighted by Crippen LogP contribution is 2.25. The van der Waals surface area contributed by atoms with Crippen molar-refractivity contribution in [2.75, 3.05) is 26.2 Å². The van der Waals surface area contributed by atoms with E-state index in [-0.39, 0.29) is 17.0 Å². The molecule has 2 aromatic rings. The molecule has 1 aliphatic rings. The van der Waals surface area contributed by atoms with Crippen LogP contribution in [0.15, 0.2) is 47.4 Å². The van der Waals surface area contributed by atoms with E-state index in [1.54, 1.807) is 40.7 Å². The van der Waals surface area contributed by atoms with Gasteiger partial charge in [-0.15, -0.1) is 0 Å². The minimum atomic E-state index is -0.492. The summed E-state index contributed by atoms with van der Waals surface area (Å²) in [7, 11) is 0. The van der Waals surface area contributed by atoms with Crippen LogP contribution in [0.4, 0.5) is 4.39 Å². The van der Waals surface area contributed by atoms with Gasteiger partial charge in [0, 0.05) is 37.0 Å². The molecule has 0 saturated carbocycles. The van der Waals surface area contributed by atoms with Gasteiger partial charge in [-0.25, -0.2) is 4.39 Å². The summed E-state index contributed by atoms with van der Waals surface area (Å²) in [6.07, 6.45) is -0.157. The quantitative estimate of drug-likeness (QED) is 0.653. The molecule has 1 atom stereocenters. The number of rotatable bonds is 7. The average Bonchev–Trinajstić information content (AvgIpc) is 2.71. The Morgan fingerprint density at radius 3 is 2.67 bits per heavy atom. The lowest BCUT2D eigenvalue weighted by Gasteiger charge is -2.35. The van der Waals surface area contributed by atoms with Crippen LogP contribution in [0.1, 0.15) is 22.8 Å². The van der Waals surface area contributed by atoms with Gasteiger partial charge in [0.2, 0.25) is 11.8 Å². The number of carbonyl (C=O) groups excluding carboxylic acids is 2. The van der Waals surface area contributed by atoms with Gasteiger partial charge >= 0.3 is 0 Å². The molecule has 0 bridgehead atoms. The monoisotopic (exact) mass is 451 g/mol. The molecule has 0 aliphatic carbocycles. The molecule has 0 radical (unpaired) electrons. The van der Waals surface area contributed by atoms with Crippen LogP contribution in [0.3, 0.4) is 0 Å². The molecule has 30 heavy (non-hydrogen) atoms. The lowest BCUT2D eigenvalue weighted by molar-refractivity contribution is -0.126. The second kappa shape index (κ2) is 10.3. The zero-order chi connectivity index (χ0) is 21.7. The second-order valence-electron chi connectivity index (χ2n) is 7.04. The first-order valence-corrected chi connectivity index (χ1v) is 10.6. The molecular formula is C21H23ClFN3O3S. The number of hydrogen-bond acceptors (Lipinski definition) is 5. The summed E-state index contributed by atoms with van der Waals surface area (Å²) < 4.78 is 20.9. The number of primary amides is 1. The van der Waals surface area contributed by atoms with Crippen molar-refractivity contribution in [2.24, 2.45) is 5.73 Å². The molecule has 6 nitrogen and oxygen atoms in total. The highest BCUT2D eigenvalue weighted by atomic mass is 35.5. The summed E-state index contributed by atoms with van der Waals surface area (Å²) >= 11 is 7.17. The number of ether oxygens (including phenoxy) is 1. The summed E-state index contributed by atoms with van der Waals surface area (Å²) in [6.45, 7) is 4.47. The molecule has 0 unspecified atom stereocenters. The second-order valence-corrected chi connectivity index (χ2v) is 8.54. The zero-order valence-electron chi connectivity index (χ0n) is 16.5. The Labute approximate surface area is 184 Å². The molecule has 2 amide bonds. The van der Waals surface area contributed by atoms with Gasteiger partial charge in [-0.3, -0.25) is 18.8 Å². The standard InChI is InChI=1S/C21H23ClFN3O3S/c1-14(27)26(30-18-5-3-16(4-6-18)21(24)28)13-17-12-25(8-9-29-17)11-15-2-7-20(23)19(22)10-15/h2-7,10,17H,8-9,11-13H2,1H3,(H2,24,28)/t17-/m0/s1. The van der Waals surface area contributed by atoms with Crippen molar-refractivity contribution in [3.63, 3.8) is 0 Å². The van der Waals surface area contributed by atoms with Gasteiger partial charge in [0.25, 0.3) is 0 Å². The van der Waals surface area contributed by atoms with Crippen molar-refractivity contribution in [1.82, 2.24) is 9.21 Å². The molecule has 2 N–H and O–H groups in total. The van der Waals surface area contributed by atoms with Crippen LogP contribution in [0.25, 0.3) is 0 Å². The molecule has 9 heteroatoms. The number of carbonyl (C=O) groups is 2. The first-order chi connectivity index (χ1) is 14.3. The number of morpholine rings is 1. The highest BCUT2D eigenvalue weighted by molar-refractivity contribution is 7.97. The summed E-state index contributed by atoms with van der Waals surface area (Å²) in [5.41, 5.74) is 6.61. The van der Waals surface area contributed by atoms with E-state index >= 15 is 0 Å². The average molecular weight is 452 g/mol. The van der Waals surface area contributed by atoms with Crippen molar-refractivity contribution in [2.45, 2.75) is 24.5 Å². The maximum atomic E-state index is 13.4. The third-order valence-corrected chi connectivity index (χ3v) is 6.09. The van der Waals surface area contributed by atoms with Gasteiger partial charge in [0.15, 0.2) is 0 Å². The fourth-order valence-corrected chi connectivity index (χ4v) is 4.24. The Morgan fingerprint density at radius 1 is 1.30 bits per heavy atom. The maximum absolute atomic E-state index is 13.4. The van der Waals surface area contributed by atoms with E-state index in [0.717, 1.165) is 17.0 Å². The Kier molecular flexibility index (Phi) is 7.71. The first-order valence-electron chi connectivity index (χ1n) is 9.45. The molecule has 2 aromatic carbocycles. The van der Waals surface area contributed by atoms with Crippen LogP contribution in [0.2, 0.25) is 5.02 Å². The Morgan fingerprint density at radius 2 is 2.03 bits per heavy atom. The molecule has 0 aromatic heterocycles. The molecule has 1 aliphatic heterocycles. The van der Waals surface area contributed by atoms with E-state index in [1.807, 2.05) is 0 Å². The Balaban J connectivity index is 1.59. The maximum Gasteiger partial charge on any atom is 0.248 e. The van der Waals surface area contributed by atoms with Crippen LogP contribution in [-0.2, 0) is 16.1 Å². The van der Waals surface area contributed by atoms with Gasteiger partial charge in [0.05, 0.1) is 24.3 Å². The van der Waals surface area contributed by atoms with E-state index < -0.39 is 11.7 Å². The highest BCUT2D eigenvalue weighted by Gasteiger charge is 2.25. The number of halogens is 2. The normalized spacial score (nSPS) is 17.0. The fourth-order valence-electron chi connectivity index (χ4n) is 3.15. The minimum absolute atomic E-state index is 0.0926. The molecule has 0 spiro atoms. The predicted octanol–water partition coefficient (Wildman–Crippen LogP) is 3.33. The topological polar surface area (TPSA) is 75.9 Å². The molecule has 160 valence electrons. The number of benzene rings is 2. The fraction of sp³-hybridized carbons (Fsp3) is 0.333. The number of hydrogen-bond donors (Lipinski definition) is 1. The third-order valence-electron chi connectivity index (χ3n) is 4.69. The molecule has 1 saturated heterocycles. The van der Waals surface area contributed by atoms with Crippen LogP contribution in [0, 0.1) is 5.82 Å². The molecule has 3 rings (SSSR count). The summed E-state index contributed by atoms with van der Waals surface area (Å²) in [6, 6.07) is 11.5. The van der Waals surface area contributed by atoms with Crippen molar-refractivity contribution < 1.29 is 18.7 Å². The van der Waals surface area contributed by atoms with Crippen LogP contribution in [-0.4, -0.2) is 53.4 Å². The first kappa shape index (κ1) is 22.6. The number of amides is 2. The molecule has 1 heterocycles. The van der Waals surface area contributed by atoms with Gasteiger partial charge in [-0.1, -0.05) is 17.7 Å². The molecular weight excluding hydrogens is 429 g/mol. The smallest absolute Gasteiger partial charge is 0.248 e. The van der Waals surface area contributed by atoms with Crippen molar-refractivity contribution in [3.8, 4) is 0 Å². The van der Waals surface area contributed by atoms with Gasteiger partial charge in [-0.05, 0) is 53.9 Å². The number of nitrogens with two attached hydrogens (primary N) is 1. The van der Waals surface area contributed by atoms with E-state index in [0.29, 0.717) is 31.8 Å². The SMILES string of the molecule is CC(=O)N(C[C@@H]1CN(Cc2ccc(F)c(Cl)c2)CCO1)Sc1ccc(C(N)=O)cc1. The van der Waals surface area contributed by atoms with E-state index in [1.165, 1.54) is 24.9 Å². The Hall–Kier alpha value is -2.13. The summed E-state index contributed by atoms with van der Waals surface area (Å²) in [5.74, 6) is -1.02. The van der Waals surface area contributed by atoms with Crippen molar-refractivity contribution in [1.29, 1.82) is 0 Å². The lowest BCUT2D eigenvalue weighted by Crippen LogP contribution is -2.46. The largest absolute Gasteiger partial charge is 0.374 e. The van der Waals surface area contributed by atoms with Crippen LogP contribution in [0.5, 0.6) is 0 Å². The van der Waals surface area contributed by atoms with Crippen LogP contribution < -0.4 is 5.73 Å². The van der Waals surface area contributed by atoms with Crippen molar-refractivity contribution >= 4 is 35.4 Å². The summed E-state index contributed by atoms with van der Waals surface area (Å²) in [4.78, 5) is 26.4. The summed E-state index contributed by atoms with van der Waals surface area (Å²) in [5, 5.41) is 0.110.